The molecule has 0 radical (unpaired) electrons. The molecule has 6 heteroatoms. The van der Waals surface area contributed by atoms with Crippen LogP contribution in [0.25, 0.3) is 0 Å². The van der Waals surface area contributed by atoms with E-state index >= 15 is 0 Å². The maximum atomic E-state index is 12.8. The van der Waals surface area contributed by atoms with Gasteiger partial charge < -0.3 is 0 Å². The van der Waals surface area contributed by atoms with E-state index in [0.717, 1.165) is 12.1 Å². The molecule has 1 aromatic carbocycles. The fourth-order valence-corrected chi connectivity index (χ4v) is 1.30. The Morgan fingerprint density at radius 2 is 1.83 bits per heavy atom. The summed E-state index contributed by atoms with van der Waals surface area (Å²) in [4.78, 5) is 9.44. The summed E-state index contributed by atoms with van der Waals surface area (Å²) >= 11 is 6.05. The lowest BCUT2D eigenvalue weighted by molar-refractivity contribution is -0.387. The molecule has 0 unspecified atom stereocenters. The fraction of sp³-hybridized carbons (Fsp3) is 0. The fourth-order valence-electron chi connectivity index (χ4n) is 0.652. The summed E-state index contributed by atoms with van der Waals surface area (Å²) < 4.78 is 13.7. The van der Waals surface area contributed by atoms with Crippen LogP contribution in [0.1, 0.15) is 0 Å². The van der Waals surface area contributed by atoms with Crippen molar-refractivity contribution in [2.24, 2.45) is 0 Å². The minimum absolute atomic E-state index is 0.450. The van der Waals surface area contributed by atoms with Gasteiger partial charge in [0.25, 0.3) is 0 Å². The minimum atomic E-state index is -0.852. The molecule has 64 valence electrons. The van der Waals surface area contributed by atoms with Crippen LogP contribution in [0.3, 0.4) is 0 Å². The number of nitro groups is 1. The maximum absolute atomic E-state index is 12.8. The van der Waals surface area contributed by atoms with Gasteiger partial charge in [-0.05, 0) is 37.9 Å². The van der Waals surface area contributed by atoms with Crippen molar-refractivity contribution in [2.45, 2.75) is 0 Å². The standard InChI is InChI=1S/C6H2Br2FNO2/c7-3-1-5(9)6(10(11)12)2-4(3)8/h1-2H. The zero-order chi connectivity index (χ0) is 9.30. The van der Waals surface area contributed by atoms with Crippen LogP contribution in [0.5, 0.6) is 0 Å². The van der Waals surface area contributed by atoms with Gasteiger partial charge in [0.05, 0.1) is 4.92 Å². The molecule has 0 fully saturated rings. The van der Waals surface area contributed by atoms with E-state index in [2.05, 4.69) is 31.9 Å². The van der Waals surface area contributed by atoms with Gasteiger partial charge in [0.15, 0.2) is 0 Å². The molecule has 0 saturated heterocycles. The molecule has 12 heavy (non-hydrogen) atoms. The van der Waals surface area contributed by atoms with Crippen molar-refractivity contribution in [3.8, 4) is 0 Å². The number of rotatable bonds is 1. The van der Waals surface area contributed by atoms with Gasteiger partial charge in [-0.2, -0.15) is 4.39 Å². The van der Waals surface area contributed by atoms with Crippen molar-refractivity contribution < 1.29 is 9.31 Å². The first kappa shape index (κ1) is 9.60. The molecule has 3 nitrogen and oxygen atoms in total. The van der Waals surface area contributed by atoms with Crippen LogP contribution in [0, 0.1) is 15.9 Å². The Kier molecular flexibility index (Phi) is 2.79. The quantitative estimate of drug-likeness (QED) is 0.454. The molecule has 0 atom stereocenters. The average Bonchev–Trinajstić information content (AvgIpc) is 1.96. The summed E-state index contributed by atoms with van der Waals surface area (Å²) in [6, 6.07) is 2.15. The molecule has 0 aliphatic rings. The third kappa shape index (κ3) is 1.81. The van der Waals surface area contributed by atoms with Gasteiger partial charge in [-0.25, -0.2) is 0 Å². The zero-order valence-electron chi connectivity index (χ0n) is 5.55. The first-order valence-electron chi connectivity index (χ1n) is 2.81. The van der Waals surface area contributed by atoms with Crippen LogP contribution in [0.2, 0.25) is 0 Å². The van der Waals surface area contributed by atoms with Gasteiger partial charge in [-0.1, -0.05) is 0 Å². The van der Waals surface area contributed by atoms with E-state index in [9.17, 15) is 14.5 Å². The molecule has 0 saturated carbocycles. The smallest absolute Gasteiger partial charge is 0.258 e. The summed E-state index contributed by atoms with van der Waals surface area (Å²) in [6.07, 6.45) is 0. The Bertz CT molecular complexity index is 343. The van der Waals surface area contributed by atoms with Crippen molar-refractivity contribution >= 4 is 37.5 Å². The van der Waals surface area contributed by atoms with Crippen LogP contribution in [-0.4, -0.2) is 4.92 Å². The molecule has 0 aliphatic carbocycles. The van der Waals surface area contributed by atoms with Crippen LogP contribution < -0.4 is 0 Å². The molecular formula is C6H2Br2FNO2. The van der Waals surface area contributed by atoms with Crippen LogP contribution >= 0.6 is 31.9 Å². The van der Waals surface area contributed by atoms with E-state index in [1.807, 2.05) is 0 Å². The molecular weight excluding hydrogens is 297 g/mol. The van der Waals surface area contributed by atoms with Crippen molar-refractivity contribution in [1.82, 2.24) is 0 Å². The molecule has 0 spiro atoms. The van der Waals surface area contributed by atoms with E-state index in [1.165, 1.54) is 0 Å². The molecule has 1 aromatic rings. The highest BCUT2D eigenvalue weighted by Gasteiger charge is 2.15. The van der Waals surface area contributed by atoms with Gasteiger partial charge in [0.2, 0.25) is 5.82 Å². The molecule has 0 bridgehead atoms. The van der Waals surface area contributed by atoms with Gasteiger partial charge in [-0.15, -0.1) is 0 Å². The lowest BCUT2D eigenvalue weighted by atomic mass is 10.3. The highest BCUT2D eigenvalue weighted by molar-refractivity contribution is 9.13. The van der Waals surface area contributed by atoms with E-state index in [1.54, 1.807) is 0 Å². The van der Waals surface area contributed by atoms with Gasteiger partial charge >= 0.3 is 5.69 Å². The van der Waals surface area contributed by atoms with Crippen molar-refractivity contribution in [3.63, 3.8) is 0 Å². The molecule has 0 aromatic heterocycles. The summed E-state index contributed by atoms with van der Waals surface area (Å²) in [5.74, 6) is -0.852. The third-order valence-corrected chi connectivity index (χ3v) is 3.03. The minimum Gasteiger partial charge on any atom is -0.258 e. The second-order valence-electron chi connectivity index (χ2n) is 1.97. The van der Waals surface area contributed by atoms with E-state index in [0.29, 0.717) is 8.95 Å². The SMILES string of the molecule is O=[N+]([O-])c1cc(Br)c(Br)cc1F. The molecule has 0 heterocycles. The number of hydrogen-bond acceptors (Lipinski definition) is 2. The normalized spacial score (nSPS) is 9.92. The maximum Gasteiger partial charge on any atom is 0.305 e. The Labute approximate surface area is 84.0 Å². The summed E-state index contributed by atoms with van der Waals surface area (Å²) in [6.45, 7) is 0. The molecule has 0 amide bonds. The second-order valence-corrected chi connectivity index (χ2v) is 3.68. The number of nitro benzene ring substituents is 1. The number of hydrogen-bond donors (Lipinski definition) is 0. The summed E-state index contributed by atoms with van der Waals surface area (Å²) in [5.41, 5.74) is -0.537. The largest absolute Gasteiger partial charge is 0.305 e. The highest BCUT2D eigenvalue weighted by atomic mass is 79.9. The topological polar surface area (TPSA) is 43.1 Å². The number of halogens is 3. The van der Waals surface area contributed by atoms with E-state index in [4.69, 9.17) is 0 Å². The van der Waals surface area contributed by atoms with Crippen LogP contribution in [0.4, 0.5) is 10.1 Å². The molecule has 0 N–H and O–H groups in total. The molecule has 1 rings (SSSR count). The Morgan fingerprint density at radius 1 is 1.33 bits per heavy atom. The van der Waals surface area contributed by atoms with Gasteiger partial charge in [0, 0.05) is 15.0 Å². The van der Waals surface area contributed by atoms with Gasteiger partial charge in [-0.3, -0.25) is 10.1 Å². The van der Waals surface area contributed by atoms with E-state index < -0.39 is 16.4 Å². The first-order valence-corrected chi connectivity index (χ1v) is 4.40. The Balaban J connectivity index is 3.33. The van der Waals surface area contributed by atoms with Crippen molar-refractivity contribution in [1.29, 1.82) is 0 Å². The monoisotopic (exact) mass is 297 g/mol. The molecule has 0 aliphatic heterocycles. The summed E-state index contributed by atoms with van der Waals surface area (Å²) in [7, 11) is 0. The van der Waals surface area contributed by atoms with Crippen LogP contribution in [-0.2, 0) is 0 Å². The predicted octanol–water partition coefficient (Wildman–Crippen LogP) is 3.26. The number of benzene rings is 1. The van der Waals surface area contributed by atoms with E-state index in [-0.39, 0.29) is 0 Å². The summed E-state index contributed by atoms with van der Waals surface area (Å²) in [5, 5.41) is 10.2. The van der Waals surface area contributed by atoms with Crippen LogP contribution in [0.15, 0.2) is 21.1 Å². The lowest BCUT2D eigenvalue weighted by Gasteiger charge is -1.96. The zero-order valence-corrected chi connectivity index (χ0v) is 8.72. The lowest BCUT2D eigenvalue weighted by Crippen LogP contribution is -1.92. The average molecular weight is 299 g/mol. The van der Waals surface area contributed by atoms with Crippen molar-refractivity contribution in [2.75, 3.05) is 0 Å². The number of nitrogens with zero attached hydrogens (tertiary/aromatic N) is 1. The highest BCUT2D eigenvalue weighted by Crippen LogP contribution is 2.29. The Morgan fingerprint density at radius 3 is 2.33 bits per heavy atom. The van der Waals surface area contributed by atoms with Gasteiger partial charge in [0.1, 0.15) is 0 Å². The van der Waals surface area contributed by atoms with Crippen molar-refractivity contribution in [3.05, 3.63) is 37.0 Å². The third-order valence-electron chi connectivity index (χ3n) is 1.19. The Hall–Kier alpha value is -0.490. The second kappa shape index (κ2) is 3.49. The predicted molar refractivity (Wildman–Crippen MR) is 48.5 cm³/mol. The first-order chi connectivity index (χ1) is 5.52.